The Kier molecular flexibility index (Phi) is 5.90. The average Bonchev–Trinajstić information content (AvgIpc) is 3.90. The molecule has 0 aliphatic heterocycles. The van der Waals surface area contributed by atoms with E-state index in [1.165, 1.54) is 59.1 Å². The Morgan fingerprint density at radius 3 is 1.43 bits per heavy atom. The molecule has 216 valence electrons. The molecule has 12 nitrogen and oxygen atoms in total. The minimum atomic E-state index is -0.583. The van der Waals surface area contributed by atoms with Gasteiger partial charge in [0.15, 0.2) is 23.1 Å². The number of aromatic nitrogens is 4. The van der Waals surface area contributed by atoms with Crippen LogP contribution in [0.5, 0.6) is 0 Å². The van der Waals surface area contributed by atoms with Crippen molar-refractivity contribution in [3.63, 3.8) is 0 Å². The molecule has 47 heavy (non-hydrogen) atoms. The minimum Gasteiger partial charge on any atom is -0.288 e. The number of rotatable bonds is 2. The number of allylic oxidation sites excluding steroid dienone is 2. The SMILES string of the molecule is [C-]#[N+]c1cc2c(cc1C#N)C(=O)/C(=C/c1nc3c4nsnc4c4nc(C=C5C(=O)c6cc(C#N)c(C#N)cc6C5=O)sc4c3s1)C2=O. The smallest absolute Gasteiger partial charge is 0.205 e. The molecule has 0 spiro atoms. The first-order chi connectivity index (χ1) is 22.8. The van der Waals surface area contributed by atoms with E-state index in [1.807, 2.05) is 18.2 Å². The van der Waals surface area contributed by atoms with Gasteiger partial charge < -0.3 is 0 Å². The number of ketones is 4. The van der Waals surface area contributed by atoms with Crippen LogP contribution in [0, 0.1) is 40.6 Å². The summed E-state index contributed by atoms with van der Waals surface area (Å²) in [6, 6.07) is 10.6. The predicted octanol–water partition coefficient (Wildman–Crippen LogP) is 6.00. The standard InChI is InChI=1S/C32H6N8O4S3/c1-36-20-5-17-16(4-13(20)10-35)29(43)19(30(17)44)7-22-38-26-24-23(39-47-40-24)25-31(32(26)46-22)45-21(37-25)6-18-27(41)14-2-11(8-33)12(9-34)3-15(14)28(18)42/h2-7H/b19-7-. The summed E-state index contributed by atoms with van der Waals surface area (Å²) >= 11 is 3.31. The van der Waals surface area contributed by atoms with E-state index in [0.29, 0.717) is 41.5 Å². The monoisotopic (exact) mass is 662 g/mol. The number of thiazole rings is 2. The Morgan fingerprint density at radius 2 is 1.02 bits per heavy atom. The lowest BCUT2D eigenvalue weighted by molar-refractivity contribution is 0.0975. The van der Waals surface area contributed by atoms with Gasteiger partial charge in [-0.2, -0.15) is 24.5 Å². The van der Waals surface area contributed by atoms with E-state index in [0.717, 1.165) is 11.7 Å². The molecular formula is C32H6N8O4S3. The quantitative estimate of drug-likeness (QED) is 0.120. The third-order valence-electron chi connectivity index (χ3n) is 7.70. The third kappa shape index (κ3) is 3.86. The molecule has 0 saturated heterocycles. The first-order valence-corrected chi connectivity index (χ1v) is 15.5. The number of nitriles is 3. The van der Waals surface area contributed by atoms with Crippen molar-refractivity contribution in [3.05, 3.63) is 95.8 Å². The van der Waals surface area contributed by atoms with E-state index < -0.39 is 23.1 Å². The Hall–Kier alpha value is -6.62. The van der Waals surface area contributed by atoms with Crippen LogP contribution in [-0.2, 0) is 0 Å². The summed E-state index contributed by atoms with van der Waals surface area (Å²) in [5, 5.41) is 28.7. The average molecular weight is 663 g/mol. The highest BCUT2D eigenvalue weighted by Crippen LogP contribution is 2.42. The Labute approximate surface area is 273 Å². The van der Waals surface area contributed by atoms with Gasteiger partial charge in [-0.3, -0.25) is 19.2 Å². The lowest BCUT2D eigenvalue weighted by atomic mass is 10.0. The number of Topliss-reactive ketones (excluding diaryl/α,β-unsaturated/α-hetero) is 4. The second kappa shape index (κ2) is 9.94. The van der Waals surface area contributed by atoms with Gasteiger partial charge in [-0.1, -0.05) is 0 Å². The van der Waals surface area contributed by atoms with Crippen molar-refractivity contribution in [3.8, 4) is 18.2 Å². The maximum absolute atomic E-state index is 13.2. The summed E-state index contributed by atoms with van der Waals surface area (Å²) in [5.74, 6) is -2.32. The topological polar surface area (TPSA) is 196 Å². The van der Waals surface area contributed by atoms with Gasteiger partial charge in [0, 0.05) is 22.3 Å². The number of benzene rings is 3. The van der Waals surface area contributed by atoms with Crippen molar-refractivity contribution >= 4 is 107 Å². The van der Waals surface area contributed by atoms with Gasteiger partial charge in [-0.05, 0) is 36.4 Å². The molecule has 0 bridgehead atoms. The van der Waals surface area contributed by atoms with E-state index in [1.54, 1.807) is 0 Å². The first kappa shape index (κ1) is 27.9. The number of carbonyl (C=O) groups excluding carboxylic acids is 4. The van der Waals surface area contributed by atoms with Gasteiger partial charge in [0.1, 0.15) is 44.2 Å². The highest BCUT2D eigenvalue weighted by atomic mass is 32.1. The lowest BCUT2D eigenvalue weighted by Gasteiger charge is -1.98. The van der Waals surface area contributed by atoms with Crippen LogP contribution in [0.2, 0.25) is 0 Å². The molecule has 3 heterocycles. The molecular weight excluding hydrogens is 657 g/mol. The predicted molar refractivity (Wildman–Crippen MR) is 170 cm³/mol. The zero-order valence-corrected chi connectivity index (χ0v) is 25.3. The van der Waals surface area contributed by atoms with Crippen LogP contribution >= 0.6 is 34.4 Å². The fourth-order valence-corrected chi connectivity index (χ4v) is 8.23. The molecule has 6 aromatic rings. The van der Waals surface area contributed by atoms with E-state index in [2.05, 4.69) is 23.6 Å². The summed E-state index contributed by atoms with van der Waals surface area (Å²) in [6.45, 7) is 7.30. The number of hydrogen-bond donors (Lipinski definition) is 0. The van der Waals surface area contributed by atoms with E-state index in [4.69, 9.17) is 6.57 Å². The number of nitrogens with zero attached hydrogens (tertiary/aromatic N) is 8. The molecule has 8 rings (SSSR count). The number of carbonyl (C=O) groups is 4. The van der Waals surface area contributed by atoms with Crippen molar-refractivity contribution in [1.82, 2.24) is 18.7 Å². The van der Waals surface area contributed by atoms with Crippen molar-refractivity contribution in [2.75, 3.05) is 0 Å². The molecule has 0 atom stereocenters. The van der Waals surface area contributed by atoms with Crippen molar-refractivity contribution in [2.24, 2.45) is 0 Å². The van der Waals surface area contributed by atoms with Crippen molar-refractivity contribution in [1.29, 1.82) is 15.8 Å². The molecule has 2 aliphatic rings. The zero-order chi connectivity index (χ0) is 32.7. The maximum atomic E-state index is 13.2. The molecule has 0 unspecified atom stereocenters. The minimum absolute atomic E-state index is 0.00152. The van der Waals surface area contributed by atoms with Gasteiger partial charge in [0.2, 0.25) is 5.69 Å². The van der Waals surface area contributed by atoms with Crippen LogP contribution in [0.3, 0.4) is 0 Å². The fraction of sp³-hybridized carbons (Fsp3) is 0. The third-order valence-corrected chi connectivity index (χ3v) is 10.4. The number of fused-ring (bicyclic) bond motifs is 8. The summed E-state index contributed by atoms with van der Waals surface area (Å²) in [4.78, 5) is 65.5. The largest absolute Gasteiger partial charge is 0.288 e. The Bertz CT molecular complexity index is 2520. The van der Waals surface area contributed by atoms with Crippen LogP contribution in [0.25, 0.3) is 48.5 Å². The molecule has 0 N–H and O–H groups in total. The molecule has 0 saturated carbocycles. The molecule has 0 radical (unpaired) electrons. The summed E-state index contributed by atoms with van der Waals surface area (Å²) in [5.41, 5.74) is 1.67. The van der Waals surface area contributed by atoms with Crippen molar-refractivity contribution in [2.45, 2.75) is 0 Å². The molecule has 0 fully saturated rings. The highest BCUT2D eigenvalue weighted by Gasteiger charge is 2.36. The second-order valence-electron chi connectivity index (χ2n) is 10.2. The van der Waals surface area contributed by atoms with Crippen LogP contribution < -0.4 is 0 Å². The van der Waals surface area contributed by atoms with Gasteiger partial charge >= 0.3 is 0 Å². The normalized spacial score (nSPS) is 14.5. The fourth-order valence-electron chi connectivity index (χ4n) is 5.53. The number of hydrogen-bond acceptors (Lipinski definition) is 14. The van der Waals surface area contributed by atoms with Crippen LogP contribution in [0.1, 0.15) is 68.1 Å². The molecule has 15 heteroatoms. The van der Waals surface area contributed by atoms with Crippen molar-refractivity contribution < 1.29 is 19.2 Å². The Balaban J connectivity index is 1.25. The van der Waals surface area contributed by atoms with E-state index in [-0.39, 0.29) is 55.8 Å². The Morgan fingerprint density at radius 1 is 0.617 bits per heavy atom. The van der Waals surface area contributed by atoms with Gasteiger partial charge in [-0.15, -0.1) is 22.7 Å². The molecule has 3 aromatic heterocycles. The summed E-state index contributed by atoms with van der Waals surface area (Å²) < 4.78 is 10.0. The van der Waals surface area contributed by atoms with E-state index >= 15 is 0 Å². The van der Waals surface area contributed by atoms with E-state index in [9.17, 15) is 35.0 Å². The zero-order valence-electron chi connectivity index (χ0n) is 22.9. The summed E-state index contributed by atoms with van der Waals surface area (Å²) in [6.07, 6.45) is 2.74. The molecule has 2 aliphatic carbocycles. The lowest BCUT2D eigenvalue weighted by Crippen LogP contribution is -2.00. The van der Waals surface area contributed by atoms with Crippen LogP contribution in [0.15, 0.2) is 35.4 Å². The van der Waals surface area contributed by atoms with Crippen LogP contribution in [-0.4, -0.2) is 41.8 Å². The molecule has 3 aromatic carbocycles. The van der Waals surface area contributed by atoms with Gasteiger partial charge in [-0.25, -0.2) is 14.8 Å². The van der Waals surface area contributed by atoms with Gasteiger partial charge in [0.05, 0.1) is 61.6 Å². The highest BCUT2D eigenvalue weighted by molar-refractivity contribution is 7.27. The second-order valence-corrected chi connectivity index (χ2v) is 12.7. The summed E-state index contributed by atoms with van der Waals surface area (Å²) in [7, 11) is 0. The van der Waals surface area contributed by atoms with Crippen LogP contribution in [0.4, 0.5) is 5.69 Å². The molecule has 0 amide bonds. The first-order valence-electron chi connectivity index (χ1n) is 13.2. The van der Waals surface area contributed by atoms with Gasteiger partial charge in [0.25, 0.3) is 0 Å². The maximum Gasteiger partial charge on any atom is 0.205 e.